The predicted molar refractivity (Wildman–Crippen MR) is 102 cm³/mol. The molecular formula is C20H21N7. The van der Waals surface area contributed by atoms with Crippen molar-refractivity contribution < 1.29 is 0 Å². The fourth-order valence-corrected chi connectivity index (χ4v) is 3.91. The molecule has 7 heteroatoms. The summed E-state index contributed by atoms with van der Waals surface area (Å²) in [6.07, 6.45) is 1.06. The van der Waals surface area contributed by atoms with Gasteiger partial charge in [-0.05, 0) is 39.3 Å². The van der Waals surface area contributed by atoms with Gasteiger partial charge in [0.05, 0.1) is 16.7 Å². The molecule has 27 heavy (non-hydrogen) atoms. The van der Waals surface area contributed by atoms with Gasteiger partial charge in [0.1, 0.15) is 23.3 Å². The van der Waals surface area contributed by atoms with Gasteiger partial charge >= 0.3 is 0 Å². The van der Waals surface area contributed by atoms with Crippen molar-refractivity contribution in [1.82, 2.24) is 34.3 Å². The first-order valence-corrected chi connectivity index (χ1v) is 9.19. The Morgan fingerprint density at radius 3 is 2.48 bits per heavy atom. The van der Waals surface area contributed by atoms with E-state index in [1.807, 2.05) is 32.9 Å². The largest absolute Gasteiger partial charge is 0.331 e. The van der Waals surface area contributed by atoms with E-state index in [0.717, 1.165) is 46.7 Å². The van der Waals surface area contributed by atoms with Crippen molar-refractivity contribution >= 4 is 11.0 Å². The number of rotatable bonds is 3. The van der Waals surface area contributed by atoms with Crippen LogP contribution < -0.4 is 0 Å². The summed E-state index contributed by atoms with van der Waals surface area (Å²) >= 11 is 0. The highest BCUT2D eigenvalue weighted by atomic mass is 15.4. The number of imidazole rings is 1. The monoisotopic (exact) mass is 359 g/mol. The summed E-state index contributed by atoms with van der Waals surface area (Å²) in [7, 11) is 2.10. The average Bonchev–Trinajstić information content (AvgIpc) is 3.27. The summed E-state index contributed by atoms with van der Waals surface area (Å²) in [5, 5.41) is 4.46. The standard InChI is InChI=1S/C20H21N7/c1-11-22-17(10-19(23-11)27-13(3)21-12(2)25-27)14-9-15(14)20-24-16-7-5-6-8-18(16)26(20)4/h5-8,10,14-15H,9H2,1-4H3/t14-,15-/m0/s1. The number of fused-ring (bicyclic) bond motifs is 1. The van der Waals surface area contributed by atoms with E-state index < -0.39 is 0 Å². The minimum Gasteiger partial charge on any atom is -0.331 e. The molecule has 1 aromatic carbocycles. The van der Waals surface area contributed by atoms with E-state index in [-0.39, 0.29) is 0 Å². The third kappa shape index (κ3) is 2.61. The maximum Gasteiger partial charge on any atom is 0.159 e. The molecule has 136 valence electrons. The fraction of sp³-hybridized carbons (Fsp3) is 0.350. The molecule has 0 spiro atoms. The summed E-state index contributed by atoms with van der Waals surface area (Å²) in [5.41, 5.74) is 3.28. The molecule has 0 unspecified atom stereocenters. The molecule has 0 amide bonds. The molecule has 3 aromatic heterocycles. The summed E-state index contributed by atoms with van der Waals surface area (Å²) in [4.78, 5) is 18.5. The minimum absolute atomic E-state index is 0.367. The topological polar surface area (TPSA) is 74.3 Å². The van der Waals surface area contributed by atoms with Crippen molar-refractivity contribution in [1.29, 1.82) is 0 Å². The van der Waals surface area contributed by atoms with Gasteiger partial charge in [0, 0.05) is 24.9 Å². The Bertz CT molecular complexity index is 1170. The molecule has 2 atom stereocenters. The molecule has 0 N–H and O–H groups in total. The Labute approximate surface area is 157 Å². The van der Waals surface area contributed by atoms with E-state index in [1.54, 1.807) is 4.68 Å². The van der Waals surface area contributed by atoms with Gasteiger partial charge in [-0.2, -0.15) is 4.68 Å². The van der Waals surface area contributed by atoms with Gasteiger partial charge in [0.25, 0.3) is 0 Å². The van der Waals surface area contributed by atoms with Crippen LogP contribution in [0.4, 0.5) is 0 Å². The number of para-hydroxylation sites is 2. The molecule has 1 saturated carbocycles. The zero-order valence-electron chi connectivity index (χ0n) is 15.9. The predicted octanol–water partition coefficient (Wildman–Crippen LogP) is 3.14. The van der Waals surface area contributed by atoms with Crippen LogP contribution in [0, 0.1) is 20.8 Å². The van der Waals surface area contributed by atoms with Gasteiger partial charge in [-0.1, -0.05) is 12.1 Å². The number of aromatic nitrogens is 7. The summed E-state index contributed by atoms with van der Waals surface area (Å²) < 4.78 is 4.00. The number of benzene rings is 1. The van der Waals surface area contributed by atoms with E-state index in [4.69, 9.17) is 9.97 Å². The lowest BCUT2D eigenvalue weighted by Crippen LogP contribution is -2.07. The second-order valence-electron chi connectivity index (χ2n) is 7.28. The molecule has 1 aliphatic rings. The first kappa shape index (κ1) is 16.1. The number of nitrogens with zero attached hydrogens (tertiary/aromatic N) is 7. The van der Waals surface area contributed by atoms with Crippen LogP contribution in [0.2, 0.25) is 0 Å². The van der Waals surface area contributed by atoms with E-state index in [0.29, 0.717) is 11.8 Å². The van der Waals surface area contributed by atoms with Crippen LogP contribution in [0.25, 0.3) is 16.9 Å². The molecule has 1 fully saturated rings. The lowest BCUT2D eigenvalue weighted by atomic mass is 10.2. The van der Waals surface area contributed by atoms with Gasteiger partial charge in [-0.25, -0.2) is 19.9 Å². The molecule has 0 bridgehead atoms. The van der Waals surface area contributed by atoms with Crippen molar-refractivity contribution in [2.24, 2.45) is 7.05 Å². The van der Waals surface area contributed by atoms with Gasteiger partial charge in [-0.15, -0.1) is 5.10 Å². The smallest absolute Gasteiger partial charge is 0.159 e. The Hall–Kier alpha value is -3.09. The SMILES string of the molecule is Cc1nc([C@H]2C[C@@H]2c2nc3ccccc3n2C)cc(-n2nc(C)nc2C)n1. The van der Waals surface area contributed by atoms with Crippen molar-refractivity contribution in [2.75, 3.05) is 0 Å². The number of hydrogen-bond acceptors (Lipinski definition) is 5. The molecular weight excluding hydrogens is 338 g/mol. The number of aryl methyl sites for hydroxylation is 4. The highest BCUT2D eigenvalue weighted by Gasteiger charge is 2.44. The Morgan fingerprint density at radius 2 is 1.74 bits per heavy atom. The first-order valence-electron chi connectivity index (χ1n) is 9.19. The first-order chi connectivity index (χ1) is 13.0. The van der Waals surface area contributed by atoms with Crippen LogP contribution in [0.15, 0.2) is 30.3 Å². The Balaban J connectivity index is 1.51. The second kappa shape index (κ2) is 5.70. The van der Waals surface area contributed by atoms with Crippen LogP contribution in [0.1, 0.15) is 47.2 Å². The van der Waals surface area contributed by atoms with Crippen LogP contribution in [0.3, 0.4) is 0 Å². The number of hydrogen-bond donors (Lipinski definition) is 0. The summed E-state index contributed by atoms with van der Waals surface area (Å²) in [6, 6.07) is 10.3. The lowest BCUT2D eigenvalue weighted by Gasteiger charge is -2.07. The maximum absolute atomic E-state index is 4.86. The van der Waals surface area contributed by atoms with Gasteiger partial charge in [0.2, 0.25) is 0 Å². The Kier molecular flexibility index (Phi) is 3.40. The van der Waals surface area contributed by atoms with Gasteiger partial charge in [0.15, 0.2) is 5.82 Å². The van der Waals surface area contributed by atoms with Crippen molar-refractivity contribution in [3.05, 3.63) is 59.3 Å². The highest BCUT2D eigenvalue weighted by molar-refractivity contribution is 5.76. The van der Waals surface area contributed by atoms with Crippen molar-refractivity contribution in [3.63, 3.8) is 0 Å². The van der Waals surface area contributed by atoms with Gasteiger partial charge < -0.3 is 4.57 Å². The minimum atomic E-state index is 0.367. The third-order valence-electron chi connectivity index (χ3n) is 5.26. The molecule has 0 saturated heterocycles. The summed E-state index contributed by atoms with van der Waals surface area (Å²) in [6.45, 7) is 5.76. The molecule has 0 radical (unpaired) electrons. The third-order valence-corrected chi connectivity index (χ3v) is 5.26. The van der Waals surface area contributed by atoms with Crippen LogP contribution in [-0.4, -0.2) is 34.3 Å². The normalized spacial score (nSPS) is 19.0. The molecule has 7 nitrogen and oxygen atoms in total. The zero-order valence-corrected chi connectivity index (χ0v) is 15.9. The highest BCUT2D eigenvalue weighted by Crippen LogP contribution is 2.54. The van der Waals surface area contributed by atoms with Crippen molar-refractivity contribution in [2.45, 2.75) is 39.0 Å². The summed E-state index contributed by atoms with van der Waals surface area (Å²) in [5.74, 6) is 5.01. The Morgan fingerprint density at radius 1 is 0.926 bits per heavy atom. The van der Waals surface area contributed by atoms with Gasteiger partial charge in [-0.3, -0.25) is 0 Å². The average molecular weight is 359 g/mol. The quantitative estimate of drug-likeness (QED) is 0.562. The van der Waals surface area contributed by atoms with E-state index in [2.05, 4.69) is 44.9 Å². The molecule has 0 aliphatic heterocycles. The van der Waals surface area contributed by atoms with E-state index in [9.17, 15) is 0 Å². The fourth-order valence-electron chi connectivity index (χ4n) is 3.91. The van der Waals surface area contributed by atoms with E-state index >= 15 is 0 Å². The van der Waals surface area contributed by atoms with E-state index in [1.165, 1.54) is 5.52 Å². The second-order valence-corrected chi connectivity index (χ2v) is 7.28. The van der Waals surface area contributed by atoms with Crippen LogP contribution in [-0.2, 0) is 7.05 Å². The maximum atomic E-state index is 4.86. The zero-order chi connectivity index (χ0) is 18.7. The van der Waals surface area contributed by atoms with Crippen LogP contribution in [0.5, 0.6) is 0 Å². The van der Waals surface area contributed by atoms with Crippen LogP contribution >= 0.6 is 0 Å². The molecule has 3 heterocycles. The molecule has 4 aromatic rings. The molecule has 1 aliphatic carbocycles. The molecule has 5 rings (SSSR count). The lowest BCUT2D eigenvalue weighted by molar-refractivity contribution is 0.768. The van der Waals surface area contributed by atoms with Crippen molar-refractivity contribution in [3.8, 4) is 5.82 Å².